The molecule has 0 saturated heterocycles. The zero-order valence-corrected chi connectivity index (χ0v) is 12.0. The van der Waals surface area contributed by atoms with Crippen LogP contribution >= 0.6 is 0 Å². The lowest BCUT2D eigenvalue weighted by atomic mass is 10.0. The van der Waals surface area contributed by atoms with Crippen LogP contribution in [-0.4, -0.2) is 23.7 Å². The van der Waals surface area contributed by atoms with E-state index in [0.29, 0.717) is 0 Å². The molecule has 4 nitrogen and oxygen atoms in total. The maximum atomic E-state index is 5.40. The Morgan fingerprint density at radius 3 is 2.84 bits per heavy atom. The standard InChI is InChI=1S/C15H21N3O/c1-5-18-9-8-17-15(18)14(16-3)12-7-6-11(2)13(10-12)19-4/h6-10,14,16H,5H2,1-4H3. The van der Waals surface area contributed by atoms with Crippen molar-refractivity contribution < 1.29 is 4.74 Å². The van der Waals surface area contributed by atoms with E-state index in [9.17, 15) is 0 Å². The summed E-state index contributed by atoms with van der Waals surface area (Å²) in [5.74, 6) is 1.93. The van der Waals surface area contributed by atoms with Crippen LogP contribution in [0.4, 0.5) is 0 Å². The Balaban J connectivity index is 2.42. The summed E-state index contributed by atoms with van der Waals surface area (Å²) in [6, 6.07) is 6.35. The minimum Gasteiger partial charge on any atom is -0.496 e. The number of hydrogen-bond donors (Lipinski definition) is 1. The van der Waals surface area contributed by atoms with E-state index in [0.717, 1.165) is 29.2 Å². The number of nitrogens with one attached hydrogen (secondary N) is 1. The zero-order valence-electron chi connectivity index (χ0n) is 12.0. The largest absolute Gasteiger partial charge is 0.496 e. The highest BCUT2D eigenvalue weighted by Crippen LogP contribution is 2.26. The van der Waals surface area contributed by atoms with Crippen LogP contribution in [0.2, 0.25) is 0 Å². The van der Waals surface area contributed by atoms with Gasteiger partial charge in [0.15, 0.2) is 0 Å². The Morgan fingerprint density at radius 1 is 1.42 bits per heavy atom. The van der Waals surface area contributed by atoms with Gasteiger partial charge in [-0.25, -0.2) is 4.98 Å². The third-order valence-electron chi connectivity index (χ3n) is 3.40. The van der Waals surface area contributed by atoms with Crippen LogP contribution in [0.25, 0.3) is 0 Å². The van der Waals surface area contributed by atoms with E-state index in [1.807, 2.05) is 26.4 Å². The van der Waals surface area contributed by atoms with Crippen LogP contribution in [0.1, 0.15) is 29.9 Å². The fourth-order valence-corrected chi connectivity index (χ4v) is 2.31. The molecule has 4 heteroatoms. The van der Waals surface area contributed by atoms with E-state index >= 15 is 0 Å². The van der Waals surface area contributed by atoms with E-state index in [4.69, 9.17) is 4.74 Å². The van der Waals surface area contributed by atoms with Gasteiger partial charge in [0.25, 0.3) is 0 Å². The van der Waals surface area contributed by atoms with E-state index in [2.05, 4.69) is 40.0 Å². The van der Waals surface area contributed by atoms with Crippen molar-refractivity contribution in [2.75, 3.05) is 14.2 Å². The summed E-state index contributed by atoms with van der Waals surface area (Å²) in [6.45, 7) is 5.08. The van der Waals surface area contributed by atoms with E-state index in [1.54, 1.807) is 7.11 Å². The summed E-state index contributed by atoms with van der Waals surface area (Å²) in [4.78, 5) is 4.47. The Morgan fingerprint density at radius 2 is 2.21 bits per heavy atom. The summed E-state index contributed by atoms with van der Waals surface area (Å²) in [6.07, 6.45) is 3.85. The number of ether oxygens (including phenoxy) is 1. The fourth-order valence-electron chi connectivity index (χ4n) is 2.31. The lowest BCUT2D eigenvalue weighted by Gasteiger charge is -2.18. The second kappa shape index (κ2) is 5.89. The minimum absolute atomic E-state index is 0.0736. The maximum absolute atomic E-state index is 5.40. The van der Waals surface area contributed by atoms with E-state index in [-0.39, 0.29) is 6.04 Å². The number of aryl methyl sites for hydroxylation is 2. The minimum atomic E-state index is 0.0736. The second-order valence-corrected chi connectivity index (χ2v) is 4.52. The Labute approximate surface area is 114 Å². The molecule has 102 valence electrons. The molecule has 1 heterocycles. The van der Waals surface area contributed by atoms with Crippen molar-refractivity contribution in [3.05, 3.63) is 47.5 Å². The third kappa shape index (κ3) is 2.63. The molecule has 1 N–H and O–H groups in total. The van der Waals surface area contributed by atoms with Gasteiger partial charge in [-0.15, -0.1) is 0 Å². The zero-order chi connectivity index (χ0) is 13.8. The topological polar surface area (TPSA) is 39.1 Å². The highest BCUT2D eigenvalue weighted by Gasteiger charge is 2.17. The quantitative estimate of drug-likeness (QED) is 0.897. The van der Waals surface area contributed by atoms with Gasteiger partial charge >= 0.3 is 0 Å². The van der Waals surface area contributed by atoms with Crippen molar-refractivity contribution in [3.8, 4) is 5.75 Å². The van der Waals surface area contributed by atoms with Crippen LogP contribution in [0, 0.1) is 6.92 Å². The Kier molecular flexibility index (Phi) is 4.22. The van der Waals surface area contributed by atoms with Gasteiger partial charge in [0.1, 0.15) is 11.6 Å². The van der Waals surface area contributed by atoms with Crippen molar-refractivity contribution >= 4 is 0 Å². The second-order valence-electron chi connectivity index (χ2n) is 4.52. The Bertz CT molecular complexity index is 548. The predicted octanol–water partition coefficient (Wildman–Crippen LogP) is 2.53. The third-order valence-corrected chi connectivity index (χ3v) is 3.40. The maximum Gasteiger partial charge on any atom is 0.130 e. The van der Waals surface area contributed by atoms with Crippen LogP contribution < -0.4 is 10.1 Å². The predicted molar refractivity (Wildman–Crippen MR) is 76.5 cm³/mol. The monoisotopic (exact) mass is 259 g/mol. The van der Waals surface area contributed by atoms with Gasteiger partial charge in [-0.05, 0) is 38.1 Å². The van der Waals surface area contributed by atoms with Gasteiger partial charge in [0.05, 0.1) is 13.2 Å². The summed E-state index contributed by atoms with van der Waals surface area (Å²) in [5, 5.41) is 3.33. The molecular weight excluding hydrogens is 238 g/mol. The molecule has 0 saturated carbocycles. The molecule has 0 radical (unpaired) electrons. The first-order valence-corrected chi connectivity index (χ1v) is 6.54. The average Bonchev–Trinajstić information content (AvgIpc) is 2.89. The molecule has 1 aromatic carbocycles. The number of nitrogens with zero attached hydrogens (tertiary/aromatic N) is 2. The van der Waals surface area contributed by atoms with Crippen molar-refractivity contribution in [1.82, 2.24) is 14.9 Å². The smallest absolute Gasteiger partial charge is 0.130 e. The average molecular weight is 259 g/mol. The molecule has 0 aliphatic carbocycles. The van der Waals surface area contributed by atoms with Gasteiger partial charge in [-0.1, -0.05) is 12.1 Å². The number of benzene rings is 1. The van der Waals surface area contributed by atoms with E-state index < -0.39 is 0 Å². The molecule has 0 spiro atoms. The summed E-state index contributed by atoms with van der Waals surface area (Å²) >= 11 is 0. The number of aromatic nitrogens is 2. The highest BCUT2D eigenvalue weighted by molar-refractivity contribution is 5.39. The van der Waals surface area contributed by atoms with Crippen LogP contribution in [0.15, 0.2) is 30.6 Å². The van der Waals surface area contributed by atoms with Gasteiger partial charge in [-0.3, -0.25) is 0 Å². The van der Waals surface area contributed by atoms with Crippen LogP contribution in [0.3, 0.4) is 0 Å². The Hall–Kier alpha value is -1.81. The lowest BCUT2D eigenvalue weighted by molar-refractivity contribution is 0.410. The van der Waals surface area contributed by atoms with Gasteiger partial charge < -0.3 is 14.6 Å². The first-order chi connectivity index (χ1) is 9.21. The molecule has 0 bridgehead atoms. The fraction of sp³-hybridized carbons (Fsp3) is 0.400. The molecule has 1 atom stereocenters. The molecular formula is C15H21N3O. The molecule has 1 unspecified atom stereocenters. The summed E-state index contributed by atoms with van der Waals surface area (Å²) in [7, 11) is 3.65. The van der Waals surface area contributed by atoms with E-state index in [1.165, 1.54) is 0 Å². The summed E-state index contributed by atoms with van der Waals surface area (Å²) < 4.78 is 7.55. The van der Waals surface area contributed by atoms with Crippen LogP contribution in [-0.2, 0) is 6.54 Å². The van der Waals surface area contributed by atoms with Gasteiger partial charge in [0, 0.05) is 18.9 Å². The van der Waals surface area contributed by atoms with Crippen molar-refractivity contribution in [3.63, 3.8) is 0 Å². The SMILES string of the molecule is CCn1ccnc1C(NC)c1ccc(C)c(OC)c1. The molecule has 2 aromatic rings. The van der Waals surface area contributed by atoms with Crippen molar-refractivity contribution in [2.24, 2.45) is 0 Å². The number of rotatable bonds is 5. The molecule has 0 fully saturated rings. The number of methoxy groups -OCH3 is 1. The molecule has 0 amide bonds. The molecule has 0 aliphatic rings. The highest BCUT2D eigenvalue weighted by atomic mass is 16.5. The van der Waals surface area contributed by atoms with Crippen molar-refractivity contribution in [1.29, 1.82) is 0 Å². The van der Waals surface area contributed by atoms with Crippen molar-refractivity contribution in [2.45, 2.75) is 26.4 Å². The molecule has 1 aromatic heterocycles. The number of imidazole rings is 1. The summed E-state index contributed by atoms with van der Waals surface area (Å²) in [5.41, 5.74) is 2.30. The first-order valence-electron chi connectivity index (χ1n) is 6.54. The van der Waals surface area contributed by atoms with Crippen LogP contribution in [0.5, 0.6) is 5.75 Å². The normalized spacial score (nSPS) is 12.4. The van der Waals surface area contributed by atoms with Gasteiger partial charge in [-0.2, -0.15) is 0 Å². The lowest BCUT2D eigenvalue weighted by Crippen LogP contribution is -2.22. The number of hydrogen-bond acceptors (Lipinski definition) is 3. The molecule has 19 heavy (non-hydrogen) atoms. The molecule has 0 aliphatic heterocycles. The molecule has 2 rings (SSSR count). The van der Waals surface area contributed by atoms with Gasteiger partial charge in [0.2, 0.25) is 0 Å². The first kappa shape index (κ1) is 13.6.